The van der Waals surface area contributed by atoms with Crippen LogP contribution < -0.4 is 22.4 Å². The largest absolute Gasteiger partial charge is 0.294 e. The van der Waals surface area contributed by atoms with Gasteiger partial charge in [0.05, 0.1) is 6.17 Å². The monoisotopic (exact) mass is 201 g/mol. The van der Waals surface area contributed by atoms with Crippen molar-refractivity contribution in [1.82, 2.24) is 15.8 Å². The van der Waals surface area contributed by atoms with Crippen molar-refractivity contribution in [3.8, 4) is 0 Å². The molecule has 0 saturated carbocycles. The molecule has 0 aromatic carbocycles. The molecule has 1 fully saturated rings. The highest BCUT2D eigenvalue weighted by Crippen LogP contribution is 2.14. The fraction of sp³-hybridized carbons (Fsp3) is 0.714. The Hall–Kier alpha value is -1.18. The summed E-state index contributed by atoms with van der Waals surface area (Å²) in [4.78, 5) is 22.9. The molecular formula is C7H15N5O2. The predicted molar refractivity (Wildman–Crippen MR) is 48.9 cm³/mol. The Balaban J connectivity index is 2.84. The number of amides is 2. The van der Waals surface area contributed by atoms with Crippen LogP contribution >= 0.6 is 0 Å². The van der Waals surface area contributed by atoms with E-state index in [2.05, 4.69) is 5.32 Å². The molecule has 0 aromatic rings. The molecule has 1 aliphatic rings. The van der Waals surface area contributed by atoms with Gasteiger partial charge in [0.15, 0.2) is 0 Å². The molecule has 3 unspecified atom stereocenters. The molecule has 14 heavy (non-hydrogen) atoms. The van der Waals surface area contributed by atoms with Crippen molar-refractivity contribution in [2.24, 2.45) is 17.6 Å². The van der Waals surface area contributed by atoms with Crippen LogP contribution in [0.3, 0.4) is 0 Å². The number of nitrogens with one attached hydrogen (secondary N) is 2. The molecule has 0 aromatic heterocycles. The van der Waals surface area contributed by atoms with Gasteiger partial charge in [-0.1, -0.05) is 0 Å². The average Bonchev–Trinajstić information content (AvgIpc) is 2.14. The summed E-state index contributed by atoms with van der Waals surface area (Å²) >= 11 is 0. The summed E-state index contributed by atoms with van der Waals surface area (Å²) in [6.07, 6.45) is -0.278. The van der Waals surface area contributed by atoms with E-state index in [1.165, 1.54) is 0 Å². The van der Waals surface area contributed by atoms with Gasteiger partial charge in [0.1, 0.15) is 5.92 Å². The van der Waals surface area contributed by atoms with Crippen molar-refractivity contribution in [2.75, 3.05) is 0 Å². The van der Waals surface area contributed by atoms with E-state index in [9.17, 15) is 9.59 Å². The second kappa shape index (κ2) is 3.91. The summed E-state index contributed by atoms with van der Waals surface area (Å²) in [7, 11) is 0. The van der Waals surface area contributed by atoms with Gasteiger partial charge in [-0.25, -0.2) is 11.7 Å². The van der Waals surface area contributed by atoms with Crippen molar-refractivity contribution in [3.63, 3.8) is 0 Å². The molecule has 1 saturated heterocycles. The van der Waals surface area contributed by atoms with Crippen LogP contribution in [-0.4, -0.2) is 29.0 Å². The SMILES string of the molecule is CC1NC(C)N(N)C(=O)C1C(=O)NN. The van der Waals surface area contributed by atoms with Gasteiger partial charge in [-0.05, 0) is 13.8 Å². The quantitative estimate of drug-likeness (QED) is 0.164. The van der Waals surface area contributed by atoms with E-state index in [0.29, 0.717) is 0 Å². The Morgan fingerprint density at radius 3 is 2.64 bits per heavy atom. The van der Waals surface area contributed by atoms with Gasteiger partial charge in [-0.3, -0.25) is 25.3 Å². The predicted octanol–water partition coefficient (Wildman–Crippen LogP) is -2.37. The summed E-state index contributed by atoms with van der Waals surface area (Å²) in [5, 5.41) is 3.99. The van der Waals surface area contributed by atoms with Gasteiger partial charge in [0.2, 0.25) is 5.91 Å². The van der Waals surface area contributed by atoms with Gasteiger partial charge in [0.25, 0.3) is 5.91 Å². The number of nitrogens with zero attached hydrogens (tertiary/aromatic N) is 1. The fourth-order valence-corrected chi connectivity index (χ4v) is 1.55. The molecule has 0 bridgehead atoms. The topological polar surface area (TPSA) is 113 Å². The van der Waals surface area contributed by atoms with Crippen molar-refractivity contribution < 1.29 is 9.59 Å². The third-order valence-corrected chi connectivity index (χ3v) is 2.37. The lowest BCUT2D eigenvalue weighted by molar-refractivity contribution is -0.150. The molecule has 7 heteroatoms. The molecule has 0 aliphatic carbocycles. The standard InChI is InChI=1S/C7H15N5O2/c1-3-5(6(13)11-8)7(14)12(9)4(2)10-3/h3-5,10H,8-9H2,1-2H3,(H,11,13). The van der Waals surface area contributed by atoms with Crippen molar-refractivity contribution in [3.05, 3.63) is 0 Å². The summed E-state index contributed by atoms with van der Waals surface area (Å²) < 4.78 is 0. The maximum Gasteiger partial charge on any atom is 0.252 e. The van der Waals surface area contributed by atoms with Crippen LogP contribution in [0.25, 0.3) is 0 Å². The van der Waals surface area contributed by atoms with E-state index < -0.39 is 17.7 Å². The van der Waals surface area contributed by atoms with Gasteiger partial charge >= 0.3 is 0 Å². The number of nitrogens with two attached hydrogens (primary N) is 2. The van der Waals surface area contributed by atoms with Crippen LogP contribution in [-0.2, 0) is 9.59 Å². The molecule has 2 amide bonds. The Morgan fingerprint density at radius 2 is 2.14 bits per heavy atom. The van der Waals surface area contributed by atoms with E-state index in [0.717, 1.165) is 5.01 Å². The molecule has 0 spiro atoms. The molecule has 1 aliphatic heterocycles. The second-order valence-electron chi connectivity index (χ2n) is 3.36. The highest BCUT2D eigenvalue weighted by molar-refractivity contribution is 6.01. The van der Waals surface area contributed by atoms with Gasteiger partial charge in [-0.2, -0.15) is 0 Å². The first kappa shape index (κ1) is 10.9. The Morgan fingerprint density at radius 1 is 1.57 bits per heavy atom. The second-order valence-corrected chi connectivity index (χ2v) is 3.36. The zero-order valence-electron chi connectivity index (χ0n) is 8.15. The van der Waals surface area contributed by atoms with Crippen LogP contribution in [0.4, 0.5) is 0 Å². The lowest BCUT2D eigenvalue weighted by Gasteiger charge is -2.38. The van der Waals surface area contributed by atoms with Crippen molar-refractivity contribution >= 4 is 11.8 Å². The summed E-state index contributed by atoms with van der Waals surface area (Å²) in [5.74, 6) is 8.62. The minimum absolute atomic E-state index is 0.277. The van der Waals surface area contributed by atoms with E-state index in [4.69, 9.17) is 11.7 Å². The van der Waals surface area contributed by atoms with Crippen LogP contribution in [0.5, 0.6) is 0 Å². The van der Waals surface area contributed by atoms with Crippen molar-refractivity contribution in [2.45, 2.75) is 26.1 Å². The number of rotatable bonds is 1. The first-order valence-electron chi connectivity index (χ1n) is 4.33. The number of hydrogen-bond acceptors (Lipinski definition) is 5. The highest BCUT2D eigenvalue weighted by atomic mass is 16.2. The lowest BCUT2D eigenvalue weighted by atomic mass is 9.96. The van der Waals surface area contributed by atoms with E-state index in [-0.39, 0.29) is 12.2 Å². The molecule has 6 N–H and O–H groups in total. The maximum atomic E-state index is 11.6. The maximum absolute atomic E-state index is 11.6. The van der Waals surface area contributed by atoms with Gasteiger partial charge in [-0.15, -0.1) is 0 Å². The number of hydrazine groups is 2. The van der Waals surface area contributed by atoms with Crippen LogP contribution in [0.2, 0.25) is 0 Å². The number of carbonyl (C=O) groups is 2. The van der Waals surface area contributed by atoms with Gasteiger partial charge in [0, 0.05) is 6.04 Å². The van der Waals surface area contributed by atoms with E-state index in [1.807, 2.05) is 5.43 Å². The minimum Gasteiger partial charge on any atom is -0.294 e. The summed E-state index contributed by atoms with van der Waals surface area (Å²) in [6, 6.07) is -0.277. The lowest BCUT2D eigenvalue weighted by Crippen LogP contribution is -2.66. The smallest absolute Gasteiger partial charge is 0.252 e. The fourth-order valence-electron chi connectivity index (χ4n) is 1.55. The minimum atomic E-state index is -0.860. The van der Waals surface area contributed by atoms with Crippen LogP contribution in [0.1, 0.15) is 13.8 Å². The van der Waals surface area contributed by atoms with Gasteiger partial charge < -0.3 is 0 Å². The number of carbonyl (C=O) groups excluding carboxylic acids is 2. The normalized spacial score (nSPS) is 33.0. The molecule has 80 valence electrons. The third-order valence-electron chi connectivity index (χ3n) is 2.37. The van der Waals surface area contributed by atoms with Crippen LogP contribution in [0, 0.1) is 5.92 Å². The Labute approximate surface area is 81.7 Å². The molecular weight excluding hydrogens is 186 g/mol. The van der Waals surface area contributed by atoms with E-state index in [1.54, 1.807) is 13.8 Å². The Bertz CT molecular complexity index is 256. The third kappa shape index (κ3) is 1.69. The zero-order valence-corrected chi connectivity index (χ0v) is 8.15. The summed E-state index contributed by atoms with van der Waals surface area (Å²) in [5.41, 5.74) is 1.95. The Kier molecular flexibility index (Phi) is 3.04. The molecule has 1 rings (SSSR count). The molecule has 3 atom stereocenters. The molecule has 1 heterocycles. The molecule has 0 radical (unpaired) electrons. The average molecular weight is 201 g/mol. The zero-order chi connectivity index (χ0) is 10.9. The molecule has 7 nitrogen and oxygen atoms in total. The first-order chi connectivity index (χ1) is 6.49. The number of hydrogen-bond donors (Lipinski definition) is 4. The van der Waals surface area contributed by atoms with Crippen molar-refractivity contribution in [1.29, 1.82) is 0 Å². The van der Waals surface area contributed by atoms with E-state index >= 15 is 0 Å². The highest BCUT2D eigenvalue weighted by Gasteiger charge is 2.40. The van der Waals surface area contributed by atoms with Crippen LogP contribution in [0.15, 0.2) is 0 Å². The first-order valence-corrected chi connectivity index (χ1v) is 4.33. The summed E-state index contributed by atoms with van der Waals surface area (Å²) in [6.45, 7) is 3.48.